The molecule has 1 aliphatic rings. The van der Waals surface area contributed by atoms with Crippen LogP contribution in [0.4, 0.5) is 0 Å². The van der Waals surface area contributed by atoms with Crippen molar-refractivity contribution in [2.24, 2.45) is 5.92 Å². The van der Waals surface area contributed by atoms with Crippen molar-refractivity contribution in [2.75, 3.05) is 12.7 Å². The van der Waals surface area contributed by atoms with Crippen LogP contribution < -0.4 is 0 Å². The first-order chi connectivity index (χ1) is 5.33. The van der Waals surface area contributed by atoms with Crippen LogP contribution in [0.1, 0.15) is 25.7 Å². The molecule has 2 nitrogen and oxygen atoms in total. The number of carbonyl (C=O) groups excluding carboxylic acids is 1. The maximum Gasteiger partial charge on any atom is 0.132 e. The van der Waals surface area contributed by atoms with Gasteiger partial charge in [0.05, 0.1) is 6.61 Å². The zero-order valence-electron chi connectivity index (χ0n) is 6.51. The number of hydrogen-bond donors (Lipinski definition) is 0. The maximum absolute atomic E-state index is 10.8. The van der Waals surface area contributed by atoms with Gasteiger partial charge in [0, 0.05) is 12.8 Å². The third-order valence-electron chi connectivity index (χ3n) is 2.09. The van der Waals surface area contributed by atoms with Gasteiger partial charge in [-0.15, -0.1) is 0 Å². The van der Waals surface area contributed by atoms with E-state index in [1.807, 2.05) is 0 Å². The molecule has 1 saturated carbocycles. The lowest BCUT2D eigenvalue weighted by Gasteiger charge is -2.19. The van der Waals surface area contributed by atoms with E-state index in [1.165, 1.54) is 0 Å². The van der Waals surface area contributed by atoms with Crippen LogP contribution in [-0.4, -0.2) is 18.5 Å². The van der Waals surface area contributed by atoms with E-state index in [0.717, 1.165) is 32.3 Å². The predicted molar refractivity (Wildman–Crippen MR) is 43.6 cm³/mol. The van der Waals surface area contributed by atoms with Gasteiger partial charge in [-0.1, -0.05) is 11.6 Å². The van der Waals surface area contributed by atoms with Gasteiger partial charge >= 0.3 is 0 Å². The summed E-state index contributed by atoms with van der Waals surface area (Å²) in [5.74, 6) is 0.957. The first kappa shape index (κ1) is 9.01. The van der Waals surface area contributed by atoms with Crippen LogP contribution in [0.3, 0.4) is 0 Å². The van der Waals surface area contributed by atoms with Crippen molar-refractivity contribution < 1.29 is 9.53 Å². The average Bonchev–Trinajstić information content (AvgIpc) is 2.04. The number of hydrogen-bond acceptors (Lipinski definition) is 2. The molecule has 64 valence electrons. The normalized spacial score (nSPS) is 20.6. The van der Waals surface area contributed by atoms with Crippen molar-refractivity contribution in [3.8, 4) is 0 Å². The van der Waals surface area contributed by atoms with Crippen molar-refractivity contribution in [3.05, 3.63) is 0 Å². The molecule has 1 fully saturated rings. The molecule has 0 saturated heterocycles. The fourth-order valence-corrected chi connectivity index (χ4v) is 1.47. The highest BCUT2D eigenvalue weighted by atomic mass is 35.5. The zero-order valence-corrected chi connectivity index (χ0v) is 7.27. The highest BCUT2D eigenvalue weighted by Gasteiger charge is 2.18. The SMILES string of the molecule is O=C1CCC(COCCl)CC1. The van der Waals surface area contributed by atoms with E-state index in [2.05, 4.69) is 0 Å². The maximum atomic E-state index is 10.8. The Morgan fingerprint density at radius 3 is 2.64 bits per heavy atom. The van der Waals surface area contributed by atoms with Gasteiger partial charge in [0.25, 0.3) is 0 Å². The molecule has 0 heterocycles. The van der Waals surface area contributed by atoms with Gasteiger partial charge < -0.3 is 4.74 Å². The minimum Gasteiger partial charge on any atom is -0.365 e. The number of alkyl halides is 1. The molecule has 1 aliphatic carbocycles. The average molecular weight is 177 g/mol. The molecule has 0 aromatic carbocycles. The van der Waals surface area contributed by atoms with E-state index in [-0.39, 0.29) is 6.07 Å². The van der Waals surface area contributed by atoms with Crippen LogP contribution in [0.5, 0.6) is 0 Å². The topological polar surface area (TPSA) is 26.3 Å². The number of ether oxygens (including phenoxy) is 1. The van der Waals surface area contributed by atoms with E-state index in [9.17, 15) is 4.79 Å². The van der Waals surface area contributed by atoms with Crippen LogP contribution in [-0.2, 0) is 9.53 Å². The van der Waals surface area contributed by atoms with Crippen LogP contribution in [0.15, 0.2) is 0 Å². The smallest absolute Gasteiger partial charge is 0.132 e. The monoisotopic (exact) mass is 176 g/mol. The molecule has 0 radical (unpaired) electrons. The van der Waals surface area contributed by atoms with Gasteiger partial charge in [-0.3, -0.25) is 4.79 Å². The van der Waals surface area contributed by atoms with Crippen molar-refractivity contribution in [3.63, 3.8) is 0 Å². The minimum absolute atomic E-state index is 0.268. The second kappa shape index (κ2) is 4.73. The molecule has 0 unspecified atom stereocenters. The lowest BCUT2D eigenvalue weighted by atomic mass is 9.89. The molecule has 0 atom stereocenters. The summed E-state index contributed by atoms with van der Waals surface area (Å²) in [7, 11) is 0. The Labute approximate surface area is 71.9 Å². The lowest BCUT2D eigenvalue weighted by Crippen LogP contribution is -2.18. The highest BCUT2D eigenvalue weighted by molar-refractivity contribution is 6.17. The summed E-state index contributed by atoms with van der Waals surface area (Å²) in [5.41, 5.74) is 0. The summed E-state index contributed by atoms with van der Waals surface area (Å²) in [5, 5.41) is 0. The molecule has 0 aromatic rings. The number of Topliss-reactive ketones (excluding diaryl/α,β-unsaturated/α-hetero) is 1. The summed E-state index contributed by atoms with van der Waals surface area (Å²) in [6, 6.07) is 0.268. The molecule has 0 aliphatic heterocycles. The fraction of sp³-hybridized carbons (Fsp3) is 0.875. The molecular weight excluding hydrogens is 164 g/mol. The number of carbonyl (C=O) groups is 1. The summed E-state index contributed by atoms with van der Waals surface area (Å²) in [6.07, 6.45) is 3.43. The molecule has 0 N–H and O–H groups in total. The van der Waals surface area contributed by atoms with E-state index < -0.39 is 0 Å². The Balaban J connectivity index is 2.12. The molecule has 0 spiro atoms. The number of halogens is 1. The van der Waals surface area contributed by atoms with E-state index >= 15 is 0 Å². The van der Waals surface area contributed by atoms with E-state index in [4.69, 9.17) is 16.3 Å². The van der Waals surface area contributed by atoms with Gasteiger partial charge in [-0.2, -0.15) is 0 Å². The highest BCUT2D eigenvalue weighted by Crippen LogP contribution is 2.21. The molecule has 11 heavy (non-hydrogen) atoms. The third-order valence-corrected chi connectivity index (χ3v) is 2.25. The van der Waals surface area contributed by atoms with Crippen LogP contribution >= 0.6 is 11.6 Å². The fourth-order valence-electron chi connectivity index (χ4n) is 1.38. The number of ketones is 1. The molecule has 0 bridgehead atoms. The molecular formula is C8H13ClO2. The Hall–Kier alpha value is -0.0800. The van der Waals surface area contributed by atoms with Crippen molar-refractivity contribution in [1.82, 2.24) is 0 Å². The molecule has 3 heteroatoms. The Kier molecular flexibility index (Phi) is 3.87. The van der Waals surface area contributed by atoms with E-state index in [0.29, 0.717) is 11.7 Å². The molecule has 0 aromatic heterocycles. The lowest BCUT2D eigenvalue weighted by molar-refractivity contribution is -0.121. The Morgan fingerprint density at radius 2 is 2.09 bits per heavy atom. The third kappa shape index (κ3) is 3.21. The summed E-state index contributed by atoms with van der Waals surface area (Å²) >= 11 is 5.36. The van der Waals surface area contributed by atoms with Crippen LogP contribution in [0.25, 0.3) is 0 Å². The summed E-state index contributed by atoms with van der Waals surface area (Å²) in [4.78, 5) is 10.8. The molecule has 1 rings (SSSR count). The quantitative estimate of drug-likeness (QED) is 0.615. The standard InChI is InChI=1S/C8H13ClO2/c9-6-11-5-7-1-3-8(10)4-2-7/h7H,1-6H2. The van der Waals surface area contributed by atoms with Crippen LogP contribution in [0.2, 0.25) is 0 Å². The Bertz CT molecular complexity index is 126. The van der Waals surface area contributed by atoms with Crippen molar-refractivity contribution in [2.45, 2.75) is 25.7 Å². The Morgan fingerprint density at radius 1 is 1.45 bits per heavy atom. The van der Waals surface area contributed by atoms with Gasteiger partial charge in [-0.25, -0.2) is 0 Å². The minimum atomic E-state index is 0.268. The second-order valence-corrected chi connectivity index (χ2v) is 3.18. The summed E-state index contributed by atoms with van der Waals surface area (Å²) < 4.78 is 5.06. The first-order valence-electron chi connectivity index (χ1n) is 3.98. The largest absolute Gasteiger partial charge is 0.365 e. The van der Waals surface area contributed by atoms with Crippen molar-refractivity contribution in [1.29, 1.82) is 0 Å². The van der Waals surface area contributed by atoms with Crippen molar-refractivity contribution >= 4 is 17.4 Å². The van der Waals surface area contributed by atoms with Gasteiger partial charge in [0.2, 0.25) is 0 Å². The second-order valence-electron chi connectivity index (χ2n) is 2.96. The summed E-state index contributed by atoms with van der Waals surface area (Å²) in [6.45, 7) is 0.719. The first-order valence-corrected chi connectivity index (χ1v) is 4.52. The van der Waals surface area contributed by atoms with Gasteiger partial charge in [-0.05, 0) is 18.8 Å². The van der Waals surface area contributed by atoms with Crippen LogP contribution in [0, 0.1) is 5.92 Å². The molecule has 0 amide bonds. The number of rotatable bonds is 3. The van der Waals surface area contributed by atoms with Gasteiger partial charge in [0.15, 0.2) is 0 Å². The zero-order chi connectivity index (χ0) is 8.10. The van der Waals surface area contributed by atoms with Gasteiger partial charge in [0.1, 0.15) is 11.8 Å². The van der Waals surface area contributed by atoms with E-state index in [1.54, 1.807) is 0 Å². The predicted octanol–water partition coefficient (Wildman–Crippen LogP) is 1.96.